The Morgan fingerprint density at radius 1 is 1.10 bits per heavy atom. The topological polar surface area (TPSA) is 34.1 Å². The molecule has 0 saturated carbocycles. The third-order valence-corrected chi connectivity index (χ3v) is 3.14. The van der Waals surface area contributed by atoms with Crippen LogP contribution in [0, 0.1) is 12.8 Å². The molecule has 3 heteroatoms. The monoisotopic (exact) mass is 284 g/mol. The maximum absolute atomic E-state index is 5.78. The van der Waals surface area contributed by atoms with Crippen LogP contribution in [-0.4, -0.2) is 11.5 Å². The summed E-state index contributed by atoms with van der Waals surface area (Å²) in [6.45, 7) is 8.96. The highest BCUT2D eigenvalue weighted by Gasteiger charge is 1.99. The molecule has 0 spiro atoms. The number of nitrogens with zero attached hydrogens (tertiary/aromatic N) is 1. The lowest BCUT2D eigenvalue weighted by molar-refractivity contribution is 0.305. The SMILES string of the molecule is Cc1cncc(COc2ccc(CNCC(C)C)cc2)c1. The fraction of sp³-hybridized carbons (Fsp3) is 0.389. The van der Waals surface area contributed by atoms with Gasteiger partial charge in [-0.3, -0.25) is 4.98 Å². The molecule has 1 aromatic heterocycles. The molecule has 0 radical (unpaired) electrons. The van der Waals surface area contributed by atoms with Gasteiger partial charge >= 0.3 is 0 Å². The molecule has 1 heterocycles. The summed E-state index contributed by atoms with van der Waals surface area (Å²) in [6.07, 6.45) is 3.69. The van der Waals surface area contributed by atoms with Gasteiger partial charge in [-0.15, -0.1) is 0 Å². The average Bonchev–Trinajstić information content (AvgIpc) is 2.46. The Bertz CT molecular complexity index is 549. The molecule has 0 unspecified atom stereocenters. The highest BCUT2D eigenvalue weighted by molar-refractivity contribution is 5.27. The number of rotatable bonds is 7. The van der Waals surface area contributed by atoms with Crippen LogP contribution in [0.2, 0.25) is 0 Å². The molecule has 0 atom stereocenters. The summed E-state index contributed by atoms with van der Waals surface area (Å²) in [7, 11) is 0. The zero-order chi connectivity index (χ0) is 15.1. The Hall–Kier alpha value is -1.87. The first-order chi connectivity index (χ1) is 10.1. The largest absolute Gasteiger partial charge is 0.489 e. The van der Waals surface area contributed by atoms with E-state index >= 15 is 0 Å². The first-order valence-corrected chi connectivity index (χ1v) is 7.46. The molecule has 0 aliphatic heterocycles. The van der Waals surface area contributed by atoms with Gasteiger partial charge in [-0.05, 0) is 48.7 Å². The molecule has 0 aliphatic carbocycles. The number of pyridine rings is 1. The molecule has 21 heavy (non-hydrogen) atoms. The van der Waals surface area contributed by atoms with Crippen LogP contribution in [0.15, 0.2) is 42.7 Å². The van der Waals surface area contributed by atoms with Crippen molar-refractivity contribution in [1.82, 2.24) is 10.3 Å². The Morgan fingerprint density at radius 3 is 2.52 bits per heavy atom. The van der Waals surface area contributed by atoms with E-state index in [4.69, 9.17) is 4.74 Å². The Kier molecular flexibility index (Phi) is 5.76. The minimum absolute atomic E-state index is 0.555. The molecular formula is C18H24N2O. The molecule has 2 rings (SSSR count). The fourth-order valence-corrected chi connectivity index (χ4v) is 2.07. The lowest BCUT2D eigenvalue weighted by Crippen LogP contribution is -2.18. The summed E-state index contributed by atoms with van der Waals surface area (Å²) in [5.74, 6) is 1.57. The fourth-order valence-electron chi connectivity index (χ4n) is 2.07. The maximum Gasteiger partial charge on any atom is 0.119 e. The molecule has 3 nitrogen and oxygen atoms in total. The van der Waals surface area contributed by atoms with Gasteiger partial charge in [-0.25, -0.2) is 0 Å². The van der Waals surface area contributed by atoms with E-state index in [0.717, 1.165) is 30.0 Å². The van der Waals surface area contributed by atoms with Gasteiger partial charge in [0.2, 0.25) is 0 Å². The van der Waals surface area contributed by atoms with Crippen LogP contribution in [-0.2, 0) is 13.2 Å². The van der Waals surface area contributed by atoms with Crippen molar-refractivity contribution in [2.75, 3.05) is 6.54 Å². The van der Waals surface area contributed by atoms with Crippen molar-refractivity contribution >= 4 is 0 Å². The van der Waals surface area contributed by atoms with Gasteiger partial charge in [0.05, 0.1) is 0 Å². The van der Waals surface area contributed by atoms with E-state index in [2.05, 4.69) is 42.3 Å². The van der Waals surface area contributed by atoms with Gasteiger partial charge in [0.15, 0.2) is 0 Å². The van der Waals surface area contributed by atoms with Crippen LogP contribution in [0.3, 0.4) is 0 Å². The number of hydrogen-bond donors (Lipinski definition) is 1. The van der Waals surface area contributed by atoms with Crippen molar-refractivity contribution in [2.45, 2.75) is 33.9 Å². The quantitative estimate of drug-likeness (QED) is 0.841. The number of aromatic nitrogens is 1. The summed E-state index contributed by atoms with van der Waals surface area (Å²) in [4.78, 5) is 4.17. The Balaban J connectivity index is 1.82. The summed E-state index contributed by atoms with van der Waals surface area (Å²) >= 11 is 0. The number of hydrogen-bond acceptors (Lipinski definition) is 3. The van der Waals surface area contributed by atoms with E-state index in [-0.39, 0.29) is 0 Å². The number of ether oxygens (including phenoxy) is 1. The van der Waals surface area contributed by atoms with Crippen molar-refractivity contribution in [3.05, 3.63) is 59.4 Å². The van der Waals surface area contributed by atoms with Crippen LogP contribution in [0.1, 0.15) is 30.5 Å². The van der Waals surface area contributed by atoms with Crippen LogP contribution in [0.25, 0.3) is 0 Å². The summed E-state index contributed by atoms with van der Waals surface area (Å²) in [6, 6.07) is 10.4. The lowest BCUT2D eigenvalue weighted by atomic mass is 10.2. The van der Waals surface area contributed by atoms with Crippen molar-refractivity contribution in [1.29, 1.82) is 0 Å². The van der Waals surface area contributed by atoms with E-state index in [1.54, 1.807) is 0 Å². The molecule has 0 saturated heterocycles. The summed E-state index contributed by atoms with van der Waals surface area (Å²) < 4.78 is 5.78. The Labute approximate surface area is 127 Å². The van der Waals surface area contributed by atoms with Crippen molar-refractivity contribution < 1.29 is 4.74 Å². The highest BCUT2D eigenvalue weighted by Crippen LogP contribution is 2.14. The number of benzene rings is 1. The average molecular weight is 284 g/mol. The number of nitrogens with one attached hydrogen (secondary N) is 1. The maximum atomic E-state index is 5.78. The van der Waals surface area contributed by atoms with Gasteiger partial charge in [-0.2, -0.15) is 0 Å². The second-order valence-electron chi connectivity index (χ2n) is 5.83. The predicted molar refractivity (Wildman–Crippen MR) is 86.3 cm³/mol. The van der Waals surface area contributed by atoms with Gasteiger partial charge in [0.1, 0.15) is 12.4 Å². The van der Waals surface area contributed by atoms with Crippen LogP contribution in [0.4, 0.5) is 0 Å². The highest BCUT2D eigenvalue weighted by atomic mass is 16.5. The summed E-state index contributed by atoms with van der Waals surface area (Å²) in [5, 5.41) is 3.44. The van der Waals surface area contributed by atoms with Crippen molar-refractivity contribution in [2.24, 2.45) is 5.92 Å². The molecule has 0 fully saturated rings. The van der Waals surface area contributed by atoms with Crippen LogP contribution < -0.4 is 10.1 Å². The Morgan fingerprint density at radius 2 is 1.86 bits per heavy atom. The minimum Gasteiger partial charge on any atom is -0.489 e. The zero-order valence-corrected chi connectivity index (χ0v) is 13.1. The minimum atomic E-state index is 0.555. The standard InChI is InChI=1S/C18H24N2O/c1-14(2)9-19-11-16-4-6-18(7-5-16)21-13-17-8-15(3)10-20-12-17/h4-8,10,12,14,19H,9,11,13H2,1-3H3. The first-order valence-electron chi connectivity index (χ1n) is 7.46. The van der Waals surface area contributed by atoms with Gasteiger partial charge in [0, 0.05) is 24.5 Å². The molecule has 2 aromatic rings. The van der Waals surface area contributed by atoms with Crippen molar-refractivity contribution in [3.8, 4) is 5.75 Å². The van der Waals surface area contributed by atoms with E-state index in [1.807, 2.05) is 31.5 Å². The molecular weight excluding hydrogens is 260 g/mol. The van der Waals surface area contributed by atoms with E-state index < -0.39 is 0 Å². The first kappa shape index (κ1) is 15.5. The third-order valence-electron chi connectivity index (χ3n) is 3.14. The summed E-state index contributed by atoms with van der Waals surface area (Å²) in [5.41, 5.74) is 3.53. The third kappa shape index (κ3) is 5.56. The van der Waals surface area contributed by atoms with Crippen LogP contribution in [0.5, 0.6) is 5.75 Å². The molecule has 0 aliphatic rings. The molecule has 0 bridgehead atoms. The van der Waals surface area contributed by atoms with Gasteiger partial charge in [-0.1, -0.05) is 26.0 Å². The van der Waals surface area contributed by atoms with E-state index in [9.17, 15) is 0 Å². The van der Waals surface area contributed by atoms with Gasteiger partial charge < -0.3 is 10.1 Å². The smallest absolute Gasteiger partial charge is 0.119 e. The second kappa shape index (κ2) is 7.79. The predicted octanol–water partition coefficient (Wildman–Crippen LogP) is 3.71. The molecule has 1 N–H and O–H groups in total. The molecule has 1 aromatic carbocycles. The van der Waals surface area contributed by atoms with Crippen molar-refractivity contribution in [3.63, 3.8) is 0 Å². The van der Waals surface area contributed by atoms with Crippen LogP contribution >= 0.6 is 0 Å². The zero-order valence-electron chi connectivity index (χ0n) is 13.1. The van der Waals surface area contributed by atoms with E-state index in [0.29, 0.717) is 12.5 Å². The number of aryl methyl sites for hydroxylation is 1. The lowest BCUT2D eigenvalue weighted by Gasteiger charge is -2.09. The van der Waals surface area contributed by atoms with Gasteiger partial charge in [0.25, 0.3) is 0 Å². The van der Waals surface area contributed by atoms with E-state index in [1.165, 1.54) is 5.56 Å². The normalized spacial score (nSPS) is 10.9. The second-order valence-corrected chi connectivity index (χ2v) is 5.83. The molecule has 0 amide bonds. The molecule has 112 valence electrons.